The number of benzene rings is 1. The number of aromatic nitrogens is 2. The van der Waals surface area contributed by atoms with E-state index in [1.807, 2.05) is 10.6 Å². The summed E-state index contributed by atoms with van der Waals surface area (Å²) in [6, 6.07) is 0. The summed E-state index contributed by atoms with van der Waals surface area (Å²) in [7, 11) is 1.51. The number of imidazole rings is 1. The molecule has 4 aliphatic heterocycles. The lowest BCUT2D eigenvalue weighted by Crippen LogP contribution is -3.10. The molecule has 0 fully saturated rings. The second-order valence-electron chi connectivity index (χ2n) is 10.9. The van der Waals surface area contributed by atoms with Crippen molar-refractivity contribution in [1.29, 1.82) is 5.41 Å². The van der Waals surface area contributed by atoms with Crippen molar-refractivity contribution >= 4 is 40.9 Å². The number of nitrogens with zero attached hydrogens (tertiary/aromatic N) is 5. The van der Waals surface area contributed by atoms with Crippen LogP contribution < -0.4 is 24.2 Å². The van der Waals surface area contributed by atoms with Gasteiger partial charge in [0.05, 0.1) is 43.2 Å². The number of aliphatic hydroxyl groups is 2. The van der Waals surface area contributed by atoms with E-state index in [1.165, 1.54) is 7.11 Å². The number of aliphatic imine (C=N–C) groups is 3. The van der Waals surface area contributed by atoms with Gasteiger partial charge in [-0.1, -0.05) is 6.08 Å². The zero-order valence-electron chi connectivity index (χ0n) is 24.5. The molecule has 0 amide bonds. The van der Waals surface area contributed by atoms with E-state index < -0.39 is 36.1 Å². The van der Waals surface area contributed by atoms with E-state index in [1.54, 1.807) is 39.2 Å². The van der Waals surface area contributed by atoms with Crippen LogP contribution in [0.5, 0.6) is 17.2 Å². The van der Waals surface area contributed by atoms with Crippen molar-refractivity contribution in [2.75, 3.05) is 20.4 Å². The first-order chi connectivity index (χ1) is 21.0. The topological polar surface area (TPSA) is 201 Å². The molecular weight excluding hydrogens is 574 g/mol. The second-order valence-corrected chi connectivity index (χ2v) is 10.9. The van der Waals surface area contributed by atoms with Crippen molar-refractivity contribution in [1.82, 2.24) is 9.55 Å². The average molecular weight is 606 g/mol. The van der Waals surface area contributed by atoms with Crippen LogP contribution in [0.15, 0.2) is 45.3 Å². The molecule has 1 aromatic carbocycles. The quantitative estimate of drug-likeness (QED) is 0.284. The molecule has 230 valence electrons. The fraction of sp³-hybridized carbons (Fsp3) is 0.379. The Morgan fingerprint density at radius 2 is 2.14 bits per heavy atom. The van der Waals surface area contributed by atoms with E-state index in [9.17, 15) is 20.1 Å². The van der Waals surface area contributed by atoms with Crippen LogP contribution in [-0.4, -0.2) is 81.2 Å². The van der Waals surface area contributed by atoms with Crippen LogP contribution in [0.4, 0.5) is 5.95 Å². The Balaban J connectivity index is 1.43. The number of fused-ring (bicyclic) bond motifs is 3. The first-order valence-corrected chi connectivity index (χ1v) is 13.9. The molecule has 1 aromatic heterocycles. The van der Waals surface area contributed by atoms with Crippen LogP contribution in [0, 0.1) is 5.41 Å². The lowest BCUT2D eigenvalue weighted by atomic mass is 9.90. The van der Waals surface area contributed by atoms with Gasteiger partial charge in [-0.15, -0.1) is 0 Å². The van der Waals surface area contributed by atoms with E-state index in [4.69, 9.17) is 24.4 Å². The molecule has 44 heavy (non-hydrogen) atoms. The van der Waals surface area contributed by atoms with Gasteiger partial charge in [0.2, 0.25) is 11.7 Å². The maximum atomic E-state index is 12.9. The number of esters is 1. The molecule has 2 aromatic rings. The Hall–Kier alpha value is -4.86. The summed E-state index contributed by atoms with van der Waals surface area (Å²) in [6.45, 7) is 5.02. The highest BCUT2D eigenvalue weighted by molar-refractivity contribution is 6.66. The van der Waals surface area contributed by atoms with Crippen molar-refractivity contribution in [3.8, 4) is 17.2 Å². The predicted octanol–water partition coefficient (Wildman–Crippen LogP) is -0.584. The molecule has 0 spiro atoms. The highest BCUT2D eigenvalue weighted by Crippen LogP contribution is 2.53. The maximum Gasteiger partial charge on any atom is 0.374 e. The molecule has 4 N–H and O–H groups in total. The van der Waals surface area contributed by atoms with Gasteiger partial charge in [0.1, 0.15) is 23.4 Å². The van der Waals surface area contributed by atoms with Crippen molar-refractivity contribution in [2.24, 2.45) is 15.0 Å². The molecule has 15 heteroatoms. The van der Waals surface area contributed by atoms with E-state index >= 15 is 0 Å². The Kier molecular flexibility index (Phi) is 7.31. The monoisotopic (exact) mass is 605 g/mol. The van der Waals surface area contributed by atoms with Gasteiger partial charge in [0, 0.05) is 30.6 Å². The zero-order chi connectivity index (χ0) is 31.3. The summed E-state index contributed by atoms with van der Waals surface area (Å²) >= 11 is 0. The first-order valence-electron chi connectivity index (χ1n) is 13.9. The predicted molar refractivity (Wildman–Crippen MR) is 154 cm³/mol. The Morgan fingerprint density at radius 1 is 1.34 bits per heavy atom. The number of methoxy groups -OCH3 is 1. The molecule has 2 unspecified atom stereocenters. The van der Waals surface area contributed by atoms with Crippen molar-refractivity contribution < 1.29 is 44.0 Å². The van der Waals surface area contributed by atoms with Gasteiger partial charge in [-0.05, 0) is 32.4 Å². The molecule has 0 bridgehead atoms. The van der Waals surface area contributed by atoms with Crippen molar-refractivity contribution in [3.05, 3.63) is 47.0 Å². The molecule has 5 heterocycles. The minimum Gasteiger partial charge on any atom is -0.857 e. The van der Waals surface area contributed by atoms with E-state index in [0.717, 1.165) is 0 Å². The number of allylic oxidation sites excluding steroid dienone is 3. The molecule has 2 atom stereocenters. The maximum absolute atomic E-state index is 12.9. The van der Waals surface area contributed by atoms with Gasteiger partial charge in [-0.25, -0.2) is 19.7 Å². The first kappa shape index (κ1) is 29.2. The number of rotatable bonds is 8. The van der Waals surface area contributed by atoms with Gasteiger partial charge in [0.15, 0.2) is 12.4 Å². The number of amidine groups is 1. The number of quaternary nitrogens is 1. The smallest absolute Gasteiger partial charge is 0.374 e. The molecule has 6 rings (SSSR count). The molecule has 0 saturated heterocycles. The average Bonchev–Trinajstić information content (AvgIpc) is 3.72. The van der Waals surface area contributed by atoms with Gasteiger partial charge in [-0.2, -0.15) is 9.98 Å². The Morgan fingerprint density at radius 3 is 2.84 bits per heavy atom. The third-order valence-corrected chi connectivity index (χ3v) is 7.64. The number of carbonyl (C=O) groups is 1. The molecule has 15 nitrogen and oxygen atoms in total. The molecular formula is C29H31N7O8. The summed E-state index contributed by atoms with van der Waals surface area (Å²) in [6.07, 6.45) is 6.44. The SMILES string of the molecule is CCOC(=O)C1=CC(=CCn2ccnc2[NH+]2CN=C3C([O-])=NC(=N)N=C32)c2c(OC)c3c(c(CO)c2O1)OC(C(C)(C)O)C3. The second kappa shape index (κ2) is 11.0. The minimum absolute atomic E-state index is 0.0919. The zero-order valence-corrected chi connectivity index (χ0v) is 24.5. The van der Waals surface area contributed by atoms with Crippen molar-refractivity contribution in [3.63, 3.8) is 0 Å². The third-order valence-electron chi connectivity index (χ3n) is 7.64. The summed E-state index contributed by atoms with van der Waals surface area (Å²) < 4.78 is 25.1. The third kappa shape index (κ3) is 4.84. The van der Waals surface area contributed by atoms with Crippen LogP contribution in [0.1, 0.15) is 37.5 Å². The number of hydrogen-bond donors (Lipinski definition) is 4. The van der Waals surface area contributed by atoms with Crippen molar-refractivity contribution in [2.45, 2.75) is 52.0 Å². The number of aliphatic hydroxyl groups excluding tert-OH is 1. The van der Waals surface area contributed by atoms with Crippen LogP contribution in [0.2, 0.25) is 0 Å². The number of carbonyl (C=O) groups excluding carboxylic acids is 1. The molecule has 0 radical (unpaired) electrons. The summed E-state index contributed by atoms with van der Waals surface area (Å²) in [4.78, 5) is 29.9. The number of ether oxygens (including phenoxy) is 4. The van der Waals surface area contributed by atoms with Gasteiger partial charge in [-0.3, -0.25) is 9.98 Å². The fourth-order valence-electron chi connectivity index (χ4n) is 5.57. The van der Waals surface area contributed by atoms with E-state index in [0.29, 0.717) is 51.0 Å². The van der Waals surface area contributed by atoms with Crippen LogP contribution in [0.25, 0.3) is 5.57 Å². The highest BCUT2D eigenvalue weighted by atomic mass is 16.6. The minimum atomic E-state index is -1.19. The number of nitrogens with one attached hydrogen (secondary N) is 2. The van der Waals surface area contributed by atoms with Gasteiger partial charge >= 0.3 is 11.9 Å². The summed E-state index contributed by atoms with van der Waals surface area (Å²) in [5.41, 5.74) is 0.934. The van der Waals surface area contributed by atoms with Gasteiger partial charge < -0.3 is 34.3 Å². The summed E-state index contributed by atoms with van der Waals surface area (Å²) in [5.74, 6) is -0.0569. The van der Waals surface area contributed by atoms with E-state index in [-0.39, 0.29) is 42.9 Å². The normalized spacial score (nSPS) is 21.3. The van der Waals surface area contributed by atoms with Crippen LogP contribution >= 0.6 is 0 Å². The largest absolute Gasteiger partial charge is 0.857 e. The lowest BCUT2D eigenvalue weighted by molar-refractivity contribution is -0.730. The van der Waals surface area contributed by atoms with E-state index in [2.05, 4.69) is 20.0 Å². The Labute approximate surface area is 251 Å². The summed E-state index contributed by atoms with van der Waals surface area (Å²) in [5, 5.41) is 41.3. The Bertz CT molecular complexity index is 1730. The molecule has 0 saturated carbocycles. The highest BCUT2D eigenvalue weighted by Gasteiger charge is 2.42. The van der Waals surface area contributed by atoms with Crippen LogP contribution in [-0.2, 0) is 29.1 Å². The van der Waals surface area contributed by atoms with Gasteiger partial charge in [0.25, 0.3) is 5.84 Å². The molecule has 4 aliphatic rings. The molecule has 0 aliphatic carbocycles. The van der Waals surface area contributed by atoms with Crippen LogP contribution in [0.3, 0.4) is 0 Å². The fourth-order valence-corrected chi connectivity index (χ4v) is 5.57. The number of hydrogen-bond acceptors (Lipinski definition) is 11. The number of guanidine groups is 1. The standard InChI is InChI=1S/C29H31N7O8/c1-5-42-26(39)17-10-14(6-8-35-9-7-31-28(35)36-13-32-20-24(36)33-27(30)34-25(20)38)19-22(41-4)15-11-18(29(2,3)40)44-21(15)16(12-37)23(19)43-17/h6-7,9-10,18,37,40H,5,8,11-13H2,1-4H3,(H2,30,34,38). The lowest BCUT2D eigenvalue weighted by Gasteiger charge is -2.26.